The Labute approximate surface area is 226 Å². The first-order valence-corrected chi connectivity index (χ1v) is 12.9. The van der Waals surface area contributed by atoms with E-state index in [-0.39, 0.29) is 12.0 Å². The molecule has 2 N–H and O–H groups in total. The Bertz CT molecular complexity index is 1430. The van der Waals surface area contributed by atoms with Gasteiger partial charge in [-0.15, -0.1) is 0 Å². The number of aromatic nitrogens is 2. The van der Waals surface area contributed by atoms with Crippen molar-refractivity contribution < 1.29 is 18.3 Å². The van der Waals surface area contributed by atoms with Crippen molar-refractivity contribution >= 4 is 11.8 Å². The third-order valence-electron chi connectivity index (χ3n) is 7.10. The molecule has 3 aromatic carbocycles. The number of benzene rings is 3. The fourth-order valence-electron chi connectivity index (χ4n) is 5.10. The van der Waals surface area contributed by atoms with Gasteiger partial charge in [0.05, 0.1) is 24.0 Å². The van der Waals surface area contributed by atoms with E-state index >= 15 is 0 Å². The summed E-state index contributed by atoms with van der Waals surface area (Å²) in [6, 6.07) is 22.6. The molecule has 1 saturated heterocycles. The van der Waals surface area contributed by atoms with Crippen molar-refractivity contribution in [3.63, 3.8) is 0 Å². The number of amides is 2. The van der Waals surface area contributed by atoms with Gasteiger partial charge in [0.1, 0.15) is 5.82 Å². The monoisotopic (exact) mass is 531 g/mol. The van der Waals surface area contributed by atoms with Crippen molar-refractivity contribution in [2.24, 2.45) is 0 Å². The molecule has 0 aliphatic carbocycles. The summed E-state index contributed by atoms with van der Waals surface area (Å²) in [5.41, 5.74) is 3.97. The smallest absolute Gasteiger partial charge is 0.320 e. The third-order valence-corrected chi connectivity index (χ3v) is 7.10. The zero-order chi connectivity index (χ0) is 27.4. The van der Waals surface area contributed by atoms with E-state index in [1.807, 2.05) is 67.6 Å². The Hall–Kier alpha value is -4.08. The van der Waals surface area contributed by atoms with E-state index in [4.69, 9.17) is 9.84 Å². The summed E-state index contributed by atoms with van der Waals surface area (Å²) in [7, 11) is 1.63. The minimum Gasteiger partial charge on any atom is -0.383 e. The van der Waals surface area contributed by atoms with Crippen LogP contribution in [0.4, 0.5) is 19.4 Å². The highest BCUT2D eigenvalue weighted by atomic mass is 19.2. The lowest BCUT2D eigenvalue weighted by Gasteiger charge is -2.21. The first kappa shape index (κ1) is 26.5. The number of rotatable bonds is 8. The number of nitrogens with zero attached hydrogens (tertiary/aromatic N) is 3. The van der Waals surface area contributed by atoms with Gasteiger partial charge in [0, 0.05) is 43.8 Å². The number of methoxy groups -OCH3 is 1. The molecule has 39 heavy (non-hydrogen) atoms. The van der Waals surface area contributed by atoms with E-state index in [1.54, 1.807) is 17.9 Å². The van der Waals surface area contributed by atoms with E-state index in [0.717, 1.165) is 28.6 Å². The number of urea groups is 1. The van der Waals surface area contributed by atoms with Crippen LogP contribution in [0.25, 0.3) is 16.9 Å². The van der Waals surface area contributed by atoms with Gasteiger partial charge in [-0.1, -0.05) is 54.6 Å². The highest BCUT2D eigenvalue weighted by Gasteiger charge is 2.35. The Morgan fingerprint density at radius 2 is 1.72 bits per heavy atom. The van der Waals surface area contributed by atoms with Gasteiger partial charge in [-0.05, 0) is 36.8 Å². The van der Waals surface area contributed by atoms with Gasteiger partial charge in [-0.2, -0.15) is 5.10 Å². The summed E-state index contributed by atoms with van der Waals surface area (Å²) in [6.07, 6.45) is 0. The second-order valence-electron chi connectivity index (χ2n) is 9.67. The molecule has 0 radical (unpaired) electrons. The van der Waals surface area contributed by atoms with Crippen molar-refractivity contribution in [1.29, 1.82) is 0 Å². The number of anilines is 1. The molecule has 1 aliphatic rings. The number of nitrogens with one attached hydrogen (secondary N) is 2. The molecule has 2 amide bonds. The summed E-state index contributed by atoms with van der Waals surface area (Å²) in [5, 5.41) is 10.9. The van der Waals surface area contributed by atoms with Gasteiger partial charge in [0.25, 0.3) is 0 Å². The van der Waals surface area contributed by atoms with Gasteiger partial charge >= 0.3 is 6.03 Å². The predicted molar refractivity (Wildman–Crippen MR) is 147 cm³/mol. The number of carbonyl (C=O) groups excluding carboxylic acids is 1. The molecular formula is C30H31F2N5O2. The maximum Gasteiger partial charge on any atom is 0.320 e. The van der Waals surface area contributed by atoms with Gasteiger partial charge in [-0.25, -0.2) is 18.3 Å². The first-order chi connectivity index (χ1) is 18.9. The fourth-order valence-corrected chi connectivity index (χ4v) is 5.10. The molecule has 202 valence electrons. The van der Waals surface area contributed by atoms with Crippen molar-refractivity contribution in [3.05, 3.63) is 102 Å². The van der Waals surface area contributed by atoms with Gasteiger partial charge in [-0.3, -0.25) is 10.2 Å². The minimum atomic E-state index is -0.901. The van der Waals surface area contributed by atoms with Crippen LogP contribution in [-0.4, -0.2) is 60.1 Å². The van der Waals surface area contributed by atoms with Crippen LogP contribution in [-0.2, 0) is 4.74 Å². The van der Waals surface area contributed by atoms with Crippen molar-refractivity contribution in [1.82, 2.24) is 20.0 Å². The summed E-state index contributed by atoms with van der Waals surface area (Å²) in [6.45, 7) is 4.25. The minimum absolute atomic E-state index is 0.220. The van der Waals surface area contributed by atoms with Crippen molar-refractivity contribution in [3.8, 4) is 16.9 Å². The Kier molecular flexibility index (Phi) is 7.99. The normalized spacial score (nSPS) is 17.3. The number of halogens is 2. The number of likely N-dealkylation sites (tertiary alicyclic amines) is 1. The van der Waals surface area contributed by atoms with E-state index in [1.165, 1.54) is 6.07 Å². The Balaban J connectivity index is 1.42. The lowest BCUT2D eigenvalue weighted by atomic mass is 9.94. The second-order valence-corrected chi connectivity index (χ2v) is 9.67. The van der Waals surface area contributed by atoms with Crippen LogP contribution in [0, 0.1) is 18.6 Å². The lowest BCUT2D eigenvalue weighted by Crippen LogP contribution is -2.42. The van der Waals surface area contributed by atoms with Gasteiger partial charge < -0.3 is 10.1 Å². The molecule has 0 saturated carbocycles. The van der Waals surface area contributed by atoms with Crippen LogP contribution in [0.5, 0.6) is 0 Å². The average molecular weight is 532 g/mol. The highest BCUT2D eigenvalue weighted by Crippen LogP contribution is 2.32. The maximum atomic E-state index is 14.1. The van der Waals surface area contributed by atoms with Crippen molar-refractivity contribution in [2.75, 3.05) is 38.7 Å². The number of hydrogen-bond acceptors (Lipinski definition) is 4. The highest BCUT2D eigenvalue weighted by molar-refractivity contribution is 5.91. The van der Waals surface area contributed by atoms with E-state index < -0.39 is 17.7 Å². The standard InChI is InChI=1S/C30H31F2N5O2/c1-20-28(21-9-5-3-6-10-21)35-37(23-11-7-4-8-12-23)29(20)34-30(38)33-27-19-36(15-16-39-2)18-24(27)22-13-14-25(31)26(32)17-22/h3-14,17,24,27H,15-16,18-19H2,1-2H3,(H2,33,34,38)/t24-,27+/m0/s1. The number of hydrogen-bond donors (Lipinski definition) is 2. The molecule has 0 unspecified atom stereocenters. The fraction of sp³-hybridized carbons (Fsp3) is 0.267. The molecule has 5 rings (SSSR count). The zero-order valence-corrected chi connectivity index (χ0v) is 21.9. The number of para-hydroxylation sites is 1. The molecule has 1 fully saturated rings. The summed E-state index contributed by atoms with van der Waals surface area (Å²) < 4.78 is 34.7. The van der Waals surface area contributed by atoms with Gasteiger partial charge in [0.2, 0.25) is 0 Å². The van der Waals surface area contributed by atoms with Crippen LogP contribution in [0.3, 0.4) is 0 Å². The van der Waals surface area contributed by atoms with Crippen LogP contribution >= 0.6 is 0 Å². The molecule has 4 aromatic rings. The lowest BCUT2D eigenvalue weighted by molar-refractivity contribution is 0.159. The van der Waals surface area contributed by atoms with Gasteiger partial charge in [0.15, 0.2) is 11.6 Å². The summed E-state index contributed by atoms with van der Waals surface area (Å²) in [5.74, 6) is -1.46. The second kappa shape index (κ2) is 11.8. The predicted octanol–water partition coefficient (Wildman–Crippen LogP) is 5.36. The SMILES string of the molecule is COCCN1C[C@@H](NC(=O)Nc2c(C)c(-c3ccccc3)nn2-c2ccccc2)[C@H](c2ccc(F)c(F)c2)C1. The number of ether oxygens (including phenoxy) is 1. The molecule has 1 aromatic heterocycles. The average Bonchev–Trinajstić information content (AvgIpc) is 3.50. The molecule has 2 atom stereocenters. The molecule has 1 aliphatic heterocycles. The molecule has 0 bridgehead atoms. The van der Waals surface area contributed by atoms with Crippen LogP contribution in [0.2, 0.25) is 0 Å². The molecule has 2 heterocycles. The van der Waals surface area contributed by atoms with Crippen LogP contribution in [0.1, 0.15) is 17.0 Å². The summed E-state index contributed by atoms with van der Waals surface area (Å²) >= 11 is 0. The molecular weight excluding hydrogens is 500 g/mol. The number of carbonyl (C=O) groups is 1. The maximum absolute atomic E-state index is 14.1. The Morgan fingerprint density at radius 3 is 2.41 bits per heavy atom. The van der Waals surface area contributed by atoms with Crippen LogP contribution in [0.15, 0.2) is 78.9 Å². The quantitative estimate of drug-likeness (QED) is 0.321. The first-order valence-electron chi connectivity index (χ1n) is 12.9. The Morgan fingerprint density at radius 1 is 1.00 bits per heavy atom. The molecule has 7 nitrogen and oxygen atoms in total. The molecule has 9 heteroatoms. The van der Waals surface area contributed by atoms with E-state index in [9.17, 15) is 13.6 Å². The van der Waals surface area contributed by atoms with Crippen LogP contribution < -0.4 is 10.6 Å². The topological polar surface area (TPSA) is 71.4 Å². The van der Waals surface area contributed by atoms with Crippen molar-refractivity contribution in [2.45, 2.75) is 18.9 Å². The summed E-state index contributed by atoms with van der Waals surface area (Å²) in [4.78, 5) is 15.6. The molecule has 0 spiro atoms. The third kappa shape index (κ3) is 5.84. The van der Waals surface area contributed by atoms with E-state index in [0.29, 0.717) is 37.6 Å². The largest absolute Gasteiger partial charge is 0.383 e. The zero-order valence-electron chi connectivity index (χ0n) is 21.9. The van der Waals surface area contributed by atoms with E-state index in [2.05, 4.69) is 15.5 Å².